The summed E-state index contributed by atoms with van der Waals surface area (Å²) in [6.45, 7) is 1.80. The van der Waals surface area contributed by atoms with Gasteiger partial charge < -0.3 is 37.6 Å². The predicted octanol–water partition coefficient (Wildman–Crippen LogP) is -0.891. The van der Waals surface area contributed by atoms with Gasteiger partial charge in [-0.1, -0.05) is 30.3 Å². The molecule has 1 aromatic rings. The van der Waals surface area contributed by atoms with Crippen LogP contribution in [0.1, 0.15) is 44.6 Å². The molecule has 12 heteroatoms. The minimum absolute atomic E-state index is 0.175. The van der Waals surface area contributed by atoms with Gasteiger partial charge >= 0.3 is 11.9 Å². The van der Waals surface area contributed by atoms with Crippen LogP contribution < -0.4 is 27.4 Å². The fourth-order valence-corrected chi connectivity index (χ4v) is 3.20. The van der Waals surface area contributed by atoms with Crippen molar-refractivity contribution in [2.24, 2.45) is 11.5 Å². The van der Waals surface area contributed by atoms with Crippen LogP contribution in [0.2, 0.25) is 0 Å². The Morgan fingerprint density at radius 3 is 2.06 bits per heavy atom. The molecule has 12 nitrogen and oxygen atoms in total. The first kappa shape index (κ1) is 29.5. The molecule has 0 bridgehead atoms. The molecule has 4 unspecified atom stereocenters. The number of amides is 3. The zero-order chi connectivity index (χ0) is 26.4. The van der Waals surface area contributed by atoms with Crippen molar-refractivity contribution in [3.63, 3.8) is 0 Å². The lowest BCUT2D eigenvalue weighted by atomic mass is 10.1. The van der Waals surface area contributed by atoms with Crippen LogP contribution in [0.3, 0.4) is 0 Å². The summed E-state index contributed by atoms with van der Waals surface area (Å²) in [5.74, 6) is -4.56. The molecule has 1 aromatic carbocycles. The van der Waals surface area contributed by atoms with E-state index < -0.39 is 60.2 Å². The van der Waals surface area contributed by atoms with Crippen molar-refractivity contribution < 1.29 is 34.2 Å². The number of hydrogen-bond acceptors (Lipinski definition) is 7. The average Bonchev–Trinajstić information content (AvgIpc) is 2.81. The minimum atomic E-state index is -1.43. The highest BCUT2D eigenvalue weighted by Crippen LogP contribution is 2.06. The van der Waals surface area contributed by atoms with Crippen molar-refractivity contribution in [2.45, 2.75) is 69.6 Å². The number of rotatable bonds is 16. The van der Waals surface area contributed by atoms with Gasteiger partial charge in [-0.3, -0.25) is 19.2 Å². The third-order valence-corrected chi connectivity index (χ3v) is 5.23. The Balaban J connectivity index is 2.75. The normalized spacial score (nSPS) is 14.1. The zero-order valence-electron chi connectivity index (χ0n) is 19.7. The molecule has 0 fully saturated rings. The van der Waals surface area contributed by atoms with Gasteiger partial charge in [0.15, 0.2) is 0 Å². The molecule has 0 aliphatic carbocycles. The molecule has 0 saturated carbocycles. The van der Waals surface area contributed by atoms with E-state index in [0.717, 1.165) is 5.56 Å². The smallest absolute Gasteiger partial charge is 0.326 e. The lowest BCUT2D eigenvalue weighted by molar-refractivity contribution is -0.143. The summed E-state index contributed by atoms with van der Waals surface area (Å²) in [5, 5.41) is 25.4. The molecule has 9 N–H and O–H groups in total. The standard InChI is InChI=1S/C23H35N5O7/c1-14(26-21(32)16(25)13-15-7-3-2-4-8-15)20(31)27-17(9-5-6-12-24)22(33)28-18(23(34)35)10-11-19(29)30/h2-4,7-8,14,16-18H,5-6,9-13,24-25H2,1H3,(H,26,32)(H,27,31)(H,28,33)(H,29,30)(H,34,35). The maximum absolute atomic E-state index is 12.7. The Labute approximate surface area is 203 Å². The molecule has 35 heavy (non-hydrogen) atoms. The first-order valence-corrected chi connectivity index (χ1v) is 11.4. The van der Waals surface area contributed by atoms with Crippen molar-refractivity contribution in [1.29, 1.82) is 0 Å². The van der Waals surface area contributed by atoms with E-state index in [1.54, 1.807) is 0 Å². The van der Waals surface area contributed by atoms with Crippen LogP contribution in [0, 0.1) is 0 Å². The molecule has 1 rings (SSSR count). The lowest BCUT2D eigenvalue weighted by Crippen LogP contribution is -2.56. The Hall–Kier alpha value is -3.51. The van der Waals surface area contributed by atoms with E-state index >= 15 is 0 Å². The minimum Gasteiger partial charge on any atom is -0.481 e. The van der Waals surface area contributed by atoms with Crippen LogP contribution in [0.25, 0.3) is 0 Å². The molecular weight excluding hydrogens is 458 g/mol. The van der Waals surface area contributed by atoms with Crippen molar-refractivity contribution in [3.8, 4) is 0 Å². The van der Waals surface area contributed by atoms with Crippen LogP contribution in [-0.2, 0) is 30.4 Å². The van der Waals surface area contributed by atoms with Crippen LogP contribution in [0.4, 0.5) is 0 Å². The van der Waals surface area contributed by atoms with Gasteiger partial charge in [-0.15, -0.1) is 0 Å². The first-order valence-electron chi connectivity index (χ1n) is 11.4. The Kier molecular flexibility index (Phi) is 13.0. The third kappa shape index (κ3) is 11.5. The maximum Gasteiger partial charge on any atom is 0.326 e. The molecule has 0 aromatic heterocycles. The predicted molar refractivity (Wildman–Crippen MR) is 127 cm³/mol. The number of carbonyl (C=O) groups is 5. The van der Waals surface area contributed by atoms with E-state index in [1.165, 1.54) is 6.92 Å². The summed E-state index contributed by atoms with van der Waals surface area (Å²) < 4.78 is 0. The maximum atomic E-state index is 12.7. The van der Waals surface area contributed by atoms with Gasteiger partial charge in [-0.05, 0) is 51.1 Å². The number of nitrogens with two attached hydrogens (primary N) is 2. The molecule has 0 radical (unpaired) electrons. The van der Waals surface area contributed by atoms with E-state index in [0.29, 0.717) is 19.4 Å². The molecule has 0 saturated heterocycles. The van der Waals surface area contributed by atoms with Crippen LogP contribution in [-0.4, -0.2) is 70.6 Å². The lowest BCUT2D eigenvalue weighted by Gasteiger charge is -2.23. The Bertz CT molecular complexity index is 865. The molecule has 0 aliphatic heterocycles. The third-order valence-electron chi connectivity index (χ3n) is 5.23. The molecular formula is C23H35N5O7. The fourth-order valence-electron chi connectivity index (χ4n) is 3.20. The highest BCUT2D eigenvalue weighted by Gasteiger charge is 2.28. The average molecular weight is 494 g/mol. The molecule has 3 amide bonds. The summed E-state index contributed by atoms with van der Waals surface area (Å²) in [7, 11) is 0. The van der Waals surface area contributed by atoms with Gasteiger partial charge in [-0.25, -0.2) is 4.79 Å². The van der Waals surface area contributed by atoms with Gasteiger partial charge in [-0.2, -0.15) is 0 Å². The number of hydrogen-bond donors (Lipinski definition) is 7. The van der Waals surface area contributed by atoms with Crippen LogP contribution in [0.15, 0.2) is 30.3 Å². The van der Waals surface area contributed by atoms with Gasteiger partial charge in [0.1, 0.15) is 18.1 Å². The summed E-state index contributed by atoms with van der Waals surface area (Å²) >= 11 is 0. The highest BCUT2D eigenvalue weighted by molar-refractivity contribution is 5.94. The zero-order valence-corrected chi connectivity index (χ0v) is 19.7. The molecule has 194 valence electrons. The SMILES string of the molecule is CC(NC(=O)C(N)Cc1ccccc1)C(=O)NC(CCCCN)C(=O)NC(CCC(=O)O)C(=O)O. The van der Waals surface area contributed by atoms with Crippen LogP contribution >= 0.6 is 0 Å². The topological polar surface area (TPSA) is 214 Å². The largest absolute Gasteiger partial charge is 0.481 e. The van der Waals surface area contributed by atoms with Crippen molar-refractivity contribution >= 4 is 29.7 Å². The number of benzene rings is 1. The number of unbranched alkanes of at least 4 members (excludes halogenated alkanes) is 1. The number of aliphatic carboxylic acids is 2. The van der Waals surface area contributed by atoms with E-state index in [1.807, 2.05) is 30.3 Å². The monoisotopic (exact) mass is 493 g/mol. The van der Waals surface area contributed by atoms with E-state index in [2.05, 4.69) is 16.0 Å². The summed E-state index contributed by atoms with van der Waals surface area (Å²) in [6.07, 6.45) is 0.734. The quantitative estimate of drug-likeness (QED) is 0.142. The number of carbonyl (C=O) groups excluding carboxylic acids is 3. The van der Waals surface area contributed by atoms with Gasteiger partial charge in [0.25, 0.3) is 0 Å². The van der Waals surface area contributed by atoms with Gasteiger partial charge in [0.2, 0.25) is 17.7 Å². The van der Waals surface area contributed by atoms with Gasteiger partial charge in [0, 0.05) is 6.42 Å². The number of nitrogens with one attached hydrogen (secondary N) is 3. The Morgan fingerprint density at radius 1 is 0.857 bits per heavy atom. The highest BCUT2D eigenvalue weighted by atomic mass is 16.4. The van der Waals surface area contributed by atoms with Gasteiger partial charge in [0.05, 0.1) is 6.04 Å². The molecule has 0 spiro atoms. The van der Waals surface area contributed by atoms with Crippen molar-refractivity contribution in [3.05, 3.63) is 35.9 Å². The van der Waals surface area contributed by atoms with E-state index in [-0.39, 0.29) is 19.3 Å². The molecule has 4 atom stereocenters. The molecule has 0 aliphatic rings. The second-order valence-electron chi connectivity index (χ2n) is 8.20. The second kappa shape index (κ2) is 15.4. The summed E-state index contributed by atoms with van der Waals surface area (Å²) in [6, 6.07) is 4.71. The van der Waals surface area contributed by atoms with E-state index in [9.17, 15) is 29.1 Å². The summed E-state index contributed by atoms with van der Waals surface area (Å²) in [5.41, 5.74) is 12.3. The van der Waals surface area contributed by atoms with Crippen LogP contribution in [0.5, 0.6) is 0 Å². The fraction of sp³-hybridized carbons (Fsp3) is 0.522. The number of carboxylic acid groups (broad SMARTS) is 2. The van der Waals surface area contributed by atoms with Crippen molar-refractivity contribution in [2.75, 3.05) is 6.54 Å². The summed E-state index contributed by atoms with van der Waals surface area (Å²) in [4.78, 5) is 60.0. The van der Waals surface area contributed by atoms with E-state index in [4.69, 9.17) is 16.6 Å². The molecule has 0 heterocycles. The Morgan fingerprint density at radius 2 is 1.49 bits per heavy atom. The van der Waals surface area contributed by atoms with Crippen molar-refractivity contribution in [1.82, 2.24) is 16.0 Å². The second-order valence-corrected chi connectivity index (χ2v) is 8.20. The number of carboxylic acids is 2. The first-order chi connectivity index (χ1) is 16.5.